The van der Waals surface area contributed by atoms with E-state index >= 15 is 0 Å². The van der Waals surface area contributed by atoms with Gasteiger partial charge in [-0.25, -0.2) is 0 Å². The van der Waals surface area contributed by atoms with Crippen LogP contribution in [0.15, 0.2) is 45.3 Å². The van der Waals surface area contributed by atoms with Crippen LogP contribution in [-0.4, -0.2) is 7.11 Å². The van der Waals surface area contributed by atoms with Gasteiger partial charge in [0.05, 0.1) is 18.4 Å². The van der Waals surface area contributed by atoms with Gasteiger partial charge in [-0.15, -0.1) is 0 Å². The Morgan fingerprint density at radius 1 is 1.11 bits per heavy atom. The van der Waals surface area contributed by atoms with Crippen LogP contribution >= 0.6 is 31.9 Å². The molecule has 96 valence electrons. The molecule has 2 aromatic rings. The van der Waals surface area contributed by atoms with E-state index in [2.05, 4.69) is 43.2 Å². The number of halogens is 2. The third-order valence-electron chi connectivity index (χ3n) is 2.49. The summed E-state index contributed by atoms with van der Waals surface area (Å²) in [6.07, 6.45) is 0. The SMILES string of the molecule is COc1cc(Br)cc(Nc2cc(Br)ccc2C#N)c1. The number of nitriles is 1. The molecule has 0 amide bonds. The van der Waals surface area contributed by atoms with Crippen LogP contribution in [0.2, 0.25) is 0 Å². The molecule has 0 fully saturated rings. The van der Waals surface area contributed by atoms with E-state index in [0.29, 0.717) is 5.56 Å². The van der Waals surface area contributed by atoms with Crippen LogP contribution in [-0.2, 0) is 0 Å². The maximum Gasteiger partial charge on any atom is 0.122 e. The summed E-state index contributed by atoms with van der Waals surface area (Å²) < 4.78 is 7.03. The van der Waals surface area contributed by atoms with E-state index in [4.69, 9.17) is 10.00 Å². The van der Waals surface area contributed by atoms with Gasteiger partial charge >= 0.3 is 0 Å². The molecular formula is C14H10Br2N2O. The van der Waals surface area contributed by atoms with E-state index in [-0.39, 0.29) is 0 Å². The van der Waals surface area contributed by atoms with Gasteiger partial charge in [-0.2, -0.15) is 5.26 Å². The van der Waals surface area contributed by atoms with Crippen LogP contribution in [0.1, 0.15) is 5.56 Å². The Morgan fingerprint density at radius 2 is 1.89 bits per heavy atom. The van der Waals surface area contributed by atoms with Crippen LogP contribution in [0.3, 0.4) is 0 Å². The minimum atomic E-state index is 0.585. The normalized spacial score (nSPS) is 9.79. The molecule has 0 aliphatic heterocycles. The molecule has 0 aromatic heterocycles. The molecule has 2 aromatic carbocycles. The number of ether oxygens (including phenoxy) is 1. The molecule has 5 heteroatoms. The van der Waals surface area contributed by atoms with Crippen LogP contribution in [0.4, 0.5) is 11.4 Å². The molecule has 0 radical (unpaired) electrons. The summed E-state index contributed by atoms with van der Waals surface area (Å²) in [6.45, 7) is 0. The van der Waals surface area contributed by atoms with Gasteiger partial charge in [-0.05, 0) is 30.3 Å². The molecule has 3 nitrogen and oxygen atoms in total. The van der Waals surface area contributed by atoms with Gasteiger partial charge in [-0.3, -0.25) is 0 Å². The van der Waals surface area contributed by atoms with Crippen molar-refractivity contribution >= 4 is 43.2 Å². The summed E-state index contributed by atoms with van der Waals surface area (Å²) >= 11 is 6.82. The molecule has 0 unspecified atom stereocenters. The number of nitrogens with one attached hydrogen (secondary N) is 1. The molecule has 0 atom stereocenters. The zero-order valence-electron chi connectivity index (χ0n) is 10.1. The van der Waals surface area contributed by atoms with Gasteiger partial charge in [0.25, 0.3) is 0 Å². The fourth-order valence-electron chi connectivity index (χ4n) is 1.63. The number of anilines is 2. The Morgan fingerprint density at radius 3 is 2.58 bits per heavy atom. The molecule has 0 saturated carbocycles. The monoisotopic (exact) mass is 380 g/mol. The van der Waals surface area contributed by atoms with Crippen LogP contribution < -0.4 is 10.1 Å². The quantitative estimate of drug-likeness (QED) is 0.827. The Labute approximate surface area is 128 Å². The lowest BCUT2D eigenvalue weighted by molar-refractivity contribution is 0.415. The standard InChI is InChI=1S/C14H10Br2N2O/c1-19-13-5-11(16)4-12(7-13)18-14-6-10(15)3-2-9(14)8-17/h2-7,18H,1H3. The number of hydrogen-bond donors (Lipinski definition) is 1. The van der Waals surface area contributed by atoms with Gasteiger partial charge in [0.15, 0.2) is 0 Å². The van der Waals surface area contributed by atoms with Gasteiger partial charge in [0.2, 0.25) is 0 Å². The molecule has 1 N–H and O–H groups in total. The van der Waals surface area contributed by atoms with E-state index in [1.165, 1.54) is 0 Å². The summed E-state index contributed by atoms with van der Waals surface area (Å²) in [6, 6.07) is 13.3. The fourth-order valence-corrected chi connectivity index (χ4v) is 2.46. The second-order valence-corrected chi connectivity index (χ2v) is 5.64. The summed E-state index contributed by atoms with van der Waals surface area (Å²) in [5.41, 5.74) is 2.18. The van der Waals surface area contributed by atoms with Crippen LogP contribution in [0, 0.1) is 11.3 Å². The minimum Gasteiger partial charge on any atom is -0.497 e. The molecule has 0 bridgehead atoms. The van der Waals surface area contributed by atoms with Crippen molar-refractivity contribution in [3.8, 4) is 11.8 Å². The van der Waals surface area contributed by atoms with Crippen LogP contribution in [0.25, 0.3) is 0 Å². The number of methoxy groups -OCH3 is 1. The van der Waals surface area contributed by atoms with E-state index < -0.39 is 0 Å². The molecule has 0 aliphatic carbocycles. The molecule has 0 spiro atoms. The van der Waals surface area contributed by atoms with Crippen molar-refractivity contribution in [2.24, 2.45) is 0 Å². The number of hydrogen-bond acceptors (Lipinski definition) is 3. The number of nitrogens with zero attached hydrogens (tertiary/aromatic N) is 1. The zero-order chi connectivity index (χ0) is 13.8. The second kappa shape index (κ2) is 6.09. The highest BCUT2D eigenvalue weighted by Crippen LogP contribution is 2.29. The number of benzene rings is 2. The van der Waals surface area contributed by atoms with E-state index in [9.17, 15) is 0 Å². The molecule has 0 saturated heterocycles. The van der Waals surface area contributed by atoms with Crippen molar-refractivity contribution in [3.05, 3.63) is 50.9 Å². The number of rotatable bonds is 3. The predicted molar refractivity (Wildman–Crippen MR) is 82.8 cm³/mol. The fraction of sp³-hybridized carbons (Fsp3) is 0.0714. The first-order valence-electron chi connectivity index (χ1n) is 5.43. The average Bonchev–Trinajstić information content (AvgIpc) is 2.38. The first-order valence-corrected chi connectivity index (χ1v) is 7.02. The third-order valence-corrected chi connectivity index (χ3v) is 3.44. The summed E-state index contributed by atoms with van der Waals surface area (Å²) in [5, 5.41) is 12.3. The molecule has 0 aliphatic rings. The first kappa shape index (κ1) is 13.9. The lowest BCUT2D eigenvalue weighted by Crippen LogP contribution is -1.94. The Kier molecular flexibility index (Phi) is 4.46. The van der Waals surface area contributed by atoms with Crippen molar-refractivity contribution in [2.45, 2.75) is 0 Å². The first-order chi connectivity index (χ1) is 9.12. The minimum absolute atomic E-state index is 0.585. The van der Waals surface area contributed by atoms with Crippen molar-refractivity contribution in [1.82, 2.24) is 0 Å². The van der Waals surface area contributed by atoms with Gasteiger partial charge in [-0.1, -0.05) is 31.9 Å². The smallest absolute Gasteiger partial charge is 0.122 e. The van der Waals surface area contributed by atoms with Gasteiger partial charge in [0, 0.05) is 20.7 Å². The summed E-state index contributed by atoms with van der Waals surface area (Å²) in [5.74, 6) is 0.741. The van der Waals surface area contributed by atoms with Crippen molar-refractivity contribution in [3.63, 3.8) is 0 Å². The Bertz CT molecular complexity index is 650. The molecule has 2 rings (SSSR count). The highest BCUT2D eigenvalue weighted by molar-refractivity contribution is 9.10. The molecular weight excluding hydrogens is 372 g/mol. The largest absolute Gasteiger partial charge is 0.497 e. The Hall–Kier alpha value is -1.51. The Balaban J connectivity index is 2.38. The lowest BCUT2D eigenvalue weighted by Gasteiger charge is -2.11. The van der Waals surface area contributed by atoms with E-state index in [1.807, 2.05) is 30.3 Å². The summed E-state index contributed by atoms with van der Waals surface area (Å²) in [7, 11) is 1.62. The molecule has 19 heavy (non-hydrogen) atoms. The maximum absolute atomic E-state index is 9.10. The van der Waals surface area contributed by atoms with E-state index in [0.717, 1.165) is 26.1 Å². The highest BCUT2D eigenvalue weighted by atomic mass is 79.9. The lowest BCUT2D eigenvalue weighted by atomic mass is 10.2. The van der Waals surface area contributed by atoms with Crippen molar-refractivity contribution < 1.29 is 4.74 Å². The van der Waals surface area contributed by atoms with E-state index in [1.54, 1.807) is 13.2 Å². The third kappa shape index (κ3) is 3.49. The average molecular weight is 382 g/mol. The maximum atomic E-state index is 9.10. The van der Waals surface area contributed by atoms with Crippen molar-refractivity contribution in [2.75, 3.05) is 12.4 Å². The second-order valence-electron chi connectivity index (χ2n) is 3.81. The van der Waals surface area contributed by atoms with Crippen molar-refractivity contribution in [1.29, 1.82) is 5.26 Å². The van der Waals surface area contributed by atoms with Crippen LogP contribution in [0.5, 0.6) is 5.75 Å². The topological polar surface area (TPSA) is 45.0 Å². The van der Waals surface area contributed by atoms with Gasteiger partial charge < -0.3 is 10.1 Å². The zero-order valence-corrected chi connectivity index (χ0v) is 13.2. The predicted octanol–water partition coefficient (Wildman–Crippen LogP) is 4.84. The molecule has 0 heterocycles. The van der Waals surface area contributed by atoms with Gasteiger partial charge in [0.1, 0.15) is 11.8 Å². The summed E-state index contributed by atoms with van der Waals surface area (Å²) in [4.78, 5) is 0. The highest BCUT2D eigenvalue weighted by Gasteiger charge is 2.05.